The maximum Gasteiger partial charge on any atom is 0.306 e. The second kappa shape index (κ2) is 44.1. The highest BCUT2D eigenvalue weighted by atomic mass is 16.6. The number of unbranched alkanes of at least 4 members (excludes halogenated alkanes) is 22. The largest absolute Gasteiger partial charge is 0.462 e. The molecule has 0 aliphatic heterocycles. The average molecular weight is 771 g/mol. The molecule has 0 aliphatic rings. The van der Waals surface area contributed by atoms with Crippen molar-refractivity contribution in [1.29, 1.82) is 0 Å². The van der Waals surface area contributed by atoms with Crippen LogP contribution in [-0.2, 0) is 28.6 Å². The molecule has 0 amide bonds. The molecule has 0 fully saturated rings. The van der Waals surface area contributed by atoms with E-state index in [4.69, 9.17) is 14.2 Å². The maximum absolute atomic E-state index is 12.7. The molecule has 0 bridgehead atoms. The molecule has 0 radical (unpaired) electrons. The van der Waals surface area contributed by atoms with Gasteiger partial charge in [-0.15, -0.1) is 0 Å². The normalized spacial score (nSPS) is 12.4. The van der Waals surface area contributed by atoms with Gasteiger partial charge in [0.05, 0.1) is 0 Å². The van der Waals surface area contributed by atoms with E-state index in [9.17, 15) is 14.4 Å². The van der Waals surface area contributed by atoms with Gasteiger partial charge in [0.2, 0.25) is 0 Å². The van der Waals surface area contributed by atoms with Crippen molar-refractivity contribution in [2.24, 2.45) is 0 Å². The highest BCUT2D eigenvalue weighted by Crippen LogP contribution is 2.14. The van der Waals surface area contributed by atoms with Gasteiger partial charge < -0.3 is 14.2 Å². The van der Waals surface area contributed by atoms with Crippen molar-refractivity contribution < 1.29 is 28.6 Å². The van der Waals surface area contributed by atoms with E-state index in [1.165, 1.54) is 89.9 Å². The summed E-state index contributed by atoms with van der Waals surface area (Å²) in [4.78, 5) is 37.7. The van der Waals surface area contributed by atoms with Crippen LogP contribution in [0.3, 0.4) is 0 Å². The first-order valence-corrected chi connectivity index (χ1v) is 23.1. The van der Waals surface area contributed by atoms with E-state index < -0.39 is 6.10 Å². The van der Waals surface area contributed by atoms with Crippen molar-refractivity contribution >= 4 is 17.9 Å². The van der Waals surface area contributed by atoms with E-state index in [0.29, 0.717) is 19.3 Å². The Morgan fingerprint density at radius 3 is 1.11 bits per heavy atom. The number of carbonyl (C=O) groups is 3. The molecule has 0 rings (SSSR count). The van der Waals surface area contributed by atoms with Gasteiger partial charge in [0.15, 0.2) is 6.10 Å². The fourth-order valence-electron chi connectivity index (χ4n) is 6.37. The van der Waals surface area contributed by atoms with Crippen molar-refractivity contribution in [3.8, 4) is 0 Å². The van der Waals surface area contributed by atoms with E-state index in [0.717, 1.165) is 96.3 Å². The molecule has 0 spiro atoms. The molecule has 0 saturated carbocycles. The lowest BCUT2D eigenvalue weighted by atomic mass is 10.1. The van der Waals surface area contributed by atoms with Gasteiger partial charge >= 0.3 is 17.9 Å². The zero-order valence-electron chi connectivity index (χ0n) is 36.2. The van der Waals surface area contributed by atoms with Gasteiger partial charge in [-0.25, -0.2) is 0 Å². The number of rotatable bonds is 41. The quantitative estimate of drug-likeness (QED) is 0.0267. The van der Waals surface area contributed by atoms with Crippen LogP contribution < -0.4 is 0 Å². The Labute approximate surface area is 339 Å². The van der Waals surface area contributed by atoms with Gasteiger partial charge in [-0.1, -0.05) is 198 Å². The fraction of sp³-hybridized carbons (Fsp3) is 0.776. The number of allylic oxidation sites excluding steroid dienone is 8. The number of hydrogen-bond donors (Lipinski definition) is 0. The van der Waals surface area contributed by atoms with E-state index in [1.54, 1.807) is 0 Å². The Balaban J connectivity index is 4.36. The van der Waals surface area contributed by atoms with Crippen LogP contribution in [0.5, 0.6) is 0 Å². The lowest BCUT2D eigenvalue weighted by molar-refractivity contribution is -0.167. The molecule has 0 aromatic carbocycles. The van der Waals surface area contributed by atoms with E-state index >= 15 is 0 Å². The smallest absolute Gasteiger partial charge is 0.306 e. The maximum atomic E-state index is 12.7. The number of ether oxygens (including phenoxy) is 3. The molecule has 318 valence electrons. The Hall–Kier alpha value is -2.63. The molecule has 0 N–H and O–H groups in total. The monoisotopic (exact) mass is 771 g/mol. The molecule has 0 heterocycles. The molecular weight excluding hydrogens is 685 g/mol. The molecule has 0 aromatic heterocycles. The van der Waals surface area contributed by atoms with Gasteiger partial charge in [-0.3, -0.25) is 14.4 Å². The van der Waals surface area contributed by atoms with Crippen LogP contribution in [0.1, 0.15) is 226 Å². The first-order chi connectivity index (χ1) is 27.0. The summed E-state index contributed by atoms with van der Waals surface area (Å²) in [6.45, 7) is 6.47. The summed E-state index contributed by atoms with van der Waals surface area (Å²) >= 11 is 0. The zero-order valence-corrected chi connectivity index (χ0v) is 36.2. The Kier molecular flexibility index (Phi) is 42.0. The fourth-order valence-corrected chi connectivity index (χ4v) is 6.37. The van der Waals surface area contributed by atoms with E-state index in [1.807, 2.05) is 0 Å². The van der Waals surface area contributed by atoms with Gasteiger partial charge in [-0.2, -0.15) is 0 Å². The second-order valence-corrected chi connectivity index (χ2v) is 15.3. The molecule has 1 atom stereocenters. The SMILES string of the molecule is CC/C=C\C/C=C\C/C=C\C/C=C\CCCCCCC(=O)OCC(COC(=O)CCCCCCCCCCCC)OC(=O)CCCCCCCCCCCC. The summed E-state index contributed by atoms with van der Waals surface area (Å²) in [5, 5.41) is 0. The summed E-state index contributed by atoms with van der Waals surface area (Å²) < 4.78 is 16.7. The summed E-state index contributed by atoms with van der Waals surface area (Å²) in [6, 6.07) is 0. The topological polar surface area (TPSA) is 78.9 Å². The number of carbonyl (C=O) groups excluding carboxylic acids is 3. The Morgan fingerprint density at radius 1 is 0.382 bits per heavy atom. The summed E-state index contributed by atoms with van der Waals surface area (Å²) in [5.74, 6) is -0.905. The van der Waals surface area contributed by atoms with Crippen molar-refractivity contribution in [1.82, 2.24) is 0 Å². The summed E-state index contributed by atoms with van der Waals surface area (Å²) in [6.07, 6.45) is 50.9. The van der Waals surface area contributed by atoms with Crippen molar-refractivity contribution in [3.63, 3.8) is 0 Å². The minimum Gasteiger partial charge on any atom is -0.462 e. The zero-order chi connectivity index (χ0) is 40.1. The van der Waals surface area contributed by atoms with Crippen LogP contribution in [0.2, 0.25) is 0 Å². The minimum atomic E-state index is -0.776. The lowest BCUT2D eigenvalue weighted by Gasteiger charge is -2.18. The summed E-state index contributed by atoms with van der Waals surface area (Å²) in [7, 11) is 0. The Bertz CT molecular complexity index is 980. The molecule has 1 unspecified atom stereocenters. The molecule has 0 aromatic rings. The van der Waals surface area contributed by atoms with E-state index in [2.05, 4.69) is 69.4 Å². The molecular formula is C49H86O6. The van der Waals surface area contributed by atoms with E-state index in [-0.39, 0.29) is 31.1 Å². The molecule has 0 aliphatic carbocycles. The van der Waals surface area contributed by atoms with Crippen LogP contribution in [0.15, 0.2) is 48.6 Å². The van der Waals surface area contributed by atoms with Crippen LogP contribution in [0.4, 0.5) is 0 Å². The molecule has 0 saturated heterocycles. The third kappa shape index (κ3) is 42.4. The number of esters is 3. The molecule has 6 heteroatoms. The van der Waals surface area contributed by atoms with Gasteiger partial charge in [0, 0.05) is 19.3 Å². The average Bonchev–Trinajstić information content (AvgIpc) is 3.18. The van der Waals surface area contributed by atoms with Crippen LogP contribution in [-0.4, -0.2) is 37.2 Å². The first-order valence-electron chi connectivity index (χ1n) is 23.1. The third-order valence-corrected chi connectivity index (χ3v) is 9.85. The third-order valence-electron chi connectivity index (χ3n) is 9.85. The summed E-state index contributed by atoms with van der Waals surface area (Å²) in [5.41, 5.74) is 0. The lowest BCUT2D eigenvalue weighted by Crippen LogP contribution is -2.30. The predicted molar refractivity (Wildman–Crippen MR) is 233 cm³/mol. The van der Waals surface area contributed by atoms with Crippen LogP contribution in [0.25, 0.3) is 0 Å². The molecule has 55 heavy (non-hydrogen) atoms. The van der Waals surface area contributed by atoms with Crippen LogP contribution in [0, 0.1) is 0 Å². The standard InChI is InChI=1S/C49H86O6/c1-4-7-10-13-16-19-22-23-24-25-26-27-28-31-33-36-39-42-48(51)54-45-46(55-49(52)43-40-37-34-30-21-18-15-12-9-6-3)44-53-47(50)41-38-35-32-29-20-17-14-11-8-5-2/h7,10,16,19,23-24,26-27,46H,4-6,8-9,11-15,17-18,20-22,25,28-45H2,1-3H3/b10-7-,19-16-,24-23-,27-26-. The van der Waals surface area contributed by atoms with Gasteiger partial charge in [0.1, 0.15) is 13.2 Å². The molecule has 6 nitrogen and oxygen atoms in total. The highest BCUT2D eigenvalue weighted by Gasteiger charge is 2.19. The van der Waals surface area contributed by atoms with Gasteiger partial charge in [-0.05, 0) is 57.8 Å². The van der Waals surface area contributed by atoms with Crippen LogP contribution >= 0.6 is 0 Å². The Morgan fingerprint density at radius 2 is 0.709 bits per heavy atom. The second-order valence-electron chi connectivity index (χ2n) is 15.3. The number of hydrogen-bond acceptors (Lipinski definition) is 6. The minimum absolute atomic E-state index is 0.0784. The van der Waals surface area contributed by atoms with Crippen molar-refractivity contribution in [2.75, 3.05) is 13.2 Å². The highest BCUT2D eigenvalue weighted by molar-refractivity contribution is 5.71. The first kappa shape index (κ1) is 52.4. The van der Waals surface area contributed by atoms with Gasteiger partial charge in [0.25, 0.3) is 0 Å². The van der Waals surface area contributed by atoms with Crippen molar-refractivity contribution in [3.05, 3.63) is 48.6 Å². The van der Waals surface area contributed by atoms with Crippen molar-refractivity contribution in [2.45, 2.75) is 232 Å². The predicted octanol–water partition coefficient (Wildman–Crippen LogP) is 14.8.